The van der Waals surface area contributed by atoms with Crippen LogP contribution >= 0.6 is 0 Å². The quantitative estimate of drug-likeness (QED) is 0.493. The molecule has 126 valence electrons. The topological polar surface area (TPSA) is 49.3 Å². The van der Waals surface area contributed by atoms with Crippen molar-refractivity contribution in [1.29, 1.82) is 0 Å². The number of carbonyl (C=O) groups excluding carboxylic acids is 1. The molecule has 0 unspecified atom stereocenters. The number of Topliss-reactive ketones (excluding diaryl/α,β-unsaturated/α-hetero) is 1. The van der Waals surface area contributed by atoms with Crippen LogP contribution in [0.3, 0.4) is 0 Å². The van der Waals surface area contributed by atoms with Crippen LogP contribution < -0.4 is 5.32 Å². The molecule has 0 aromatic heterocycles. The molecule has 1 atom stereocenters. The number of hydrogen-bond acceptors (Lipinski definition) is 3. The Kier molecular flexibility index (Phi) is 4.43. The number of rotatable bonds is 2. The molecule has 0 amide bonds. The summed E-state index contributed by atoms with van der Waals surface area (Å²) in [5, 5.41) is 11.7. The van der Waals surface area contributed by atoms with Crippen LogP contribution in [0, 0.1) is 0 Å². The third-order valence-corrected chi connectivity index (χ3v) is 3.42. The maximum atomic E-state index is 12.7. The van der Waals surface area contributed by atoms with Crippen LogP contribution in [0.25, 0.3) is 0 Å². The number of carbonyl (C=O) groups is 1. The van der Waals surface area contributed by atoms with Gasteiger partial charge in [-0.1, -0.05) is 24.3 Å². The lowest BCUT2D eigenvalue weighted by molar-refractivity contribution is -0.168. The molecule has 0 radical (unpaired) electrons. The summed E-state index contributed by atoms with van der Waals surface area (Å²) in [6.07, 6.45) is -10.6. The molecule has 0 spiro atoms. The zero-order chi connectivity index (χ0) is 17.4. The van der Waals surface area contributed by atoms with E-state index < -0.39 is 35.5 Å². The molecule has 0 saturated heterocycles. The number of halogens is 6. The third kappa shape index (κ3) is 3.49. The third-order valence-electron chi connectivity index (χ3n) is 3.42. The summed E-state index contributed by atoms with van der Waals surface area (Å²) < 4.78 is 76.2. The Labute approximate surface area is 126 Å². The van der Waals surface area contributed by atoms with Crippen LogP contribution in [0.5, 0.6) is 0 Å². The standard InChI is InChI=1S/C14H11F6NO2/c15-13(16,17)11(22)9(12(23)14(18,19)20)10-8-4-2-1-3-7(8)5-6-21-10/h1-4,10,21-22H,5-6H2/b11-9-/t10-/m0/s1. The molecule has 23 heavy (non-hydrogen) atoms. The minimum atomic E-state index is -5.54. The smallest absolute Gasteiger partial charge is 0.454 e. The summed E-state index contributed by atoms with van der Waals surface area (Å²) in [5.41, 5.74) is -1.13. The molecule has 2 rings (SSSR count). The fourth-order valence-corrected chi connectivity index (χ4v) is 2.44. The van der Waals surface area contributed by atoms with Crippen LogP contribution in [0.1, 0.15) is 17.2 Å². The summed E-state index contributed by atoms with van der Waals surface area (Å²) in [7, 11) is 0. The lowest BCUT2D eigenvalue weighted by Gasteiger charge is -2.29. The van der Waals surface area contributed by atoms with E-state index in [1.807, 2.05) is 0 Å². The van der Waals surface area contributed by atoms with E-state index in [4.69, 9.17) is 0 Å². The van der Waals surface area contributed by atoms with Crippen molar-refractivity contribution in [3.05, 3.63) is 46.7 Å². The average molecular weight is 339 g/mol. The Morgan fingerprint density at radius 1 is 1.09 bits per heavy atom. The molecule has 9 heteroatoms. The van der Waals surface area contributed by atoms with E-state index in [1.165, 1.54) is 12.1 Å². The molecule has 1 aliphatic heterocycles. The predicted molar refractivity (Wildman–Crippen MR) is 67.7 cm³/mol. The largest absolute Gasteiger partial charge is 0.504 e. The van der Waals surface area contributed by atoms with Gasteiger partial charge in [-0.15, -0.1) is 0 Å². The van der Waals surface area contributed by atoms with Gasteiger partial charge >= 0.3 is 12.4 Å². The van der Waals surface area contributed by atoms with Crippen LogP contribution in [0.15, 0.2) is 35.6 Å². The summed E-state index contributed by atoms with van der Waals surface area (Å²) >= 11 is 0. The van der Waals surface area contributed by atoms with Crippen molar-refractivity contribution >= 4 is 5.78 Å². The highest BCUT2D eigenvalue weighted by molar-refractivity contribution is 6.01. The number of aliphatic hydroxyl groups is 1. The van der Waals surface area contributed by atoms with Crippen LogP contribution in [-0.2, 0) is 11.2 Å². The zero-order valence-corrected chi connectivity index (χ0v) is 11.4. The van der Waals surface area contributed by atoms with Gasteiger partial charge in [-0.25, -0.2) is 0 Å². The number of nitrogens with one attached hydrogen (secondary N) is 1. The SMILES string of the molecule is O=C(/C(=C(\O)C(F)(F)F)[C@H]1NCCc2ccccc21)C(F)(F)F. The van der Waals surface area contributed by atoms with Gasteiger partial charge in [-0.3, -0.25) is 4.79 Å². The second-order valence-corrected chi connectivity index (χ2v) is 4.92. The van der Waals surface area contributed by atoms with Gasteiger partial charge in [0.1, 0.15) is 0 Å². The molecule has 3 nitrogen and oxygen atoms in total. The first kappa shape index (κ1) is 17.3. The molecule has 1 aromatic rings. The summed E-state index contributed by atoms with van der Waals surface area (Å²) in [6.45, 7) is 0.0709. The number of benzene rings is 1. The monoisotopic (exact) mass is 339 g/mol. The molecule has 0 fully saturated rings. The van der Waals surface area contributed by atoms with E-state index >= 15 is 0 Å². The van der Waals surface area contributed by atoms with E-state index in [9.17, 15) is 36.2 Å². The number of aliphatic hydroxyl groups excluding tert-OH is 1. The van der Waals surface area contributed by atoms with Crippen LogP contribution in [0.2, 0.25) is 0 Å². The maximum Gasteiger partial charge on any atom is 0.454 e. The van der Waals surface area contributed by atoms with Gasteiger partial charge in [0.15, 0.2) is 0 Å². The Morgan fingerprint density at radius 2 is 1.70 bits per heavy atom. The van der Waals surface area contributed by atoms with E-state index in [0.29, 0.717) is 12.0 Å². The molecule has 1 aliphatic rings. The minimum absolute atomic E-state index is 0.0709. The second-order valence-electron chi connectivity index (χ2n) is 4.92. The van der Waals surface area contributed by atoms with Crippen molar-refractivity contribution in [2.45, 2.75) is 24.8 Å². The molecular weight excluding hydrogens is 328 g/mol. The summed E-state index contributed by atoms with van der Waals surface area (Å²) in [4.78, 5) is 11.5. The minimum Gasteiger partial charge on any atom is -0.504 e. The fourth-order valence-electron chi connectivity index (χ4n) is 2.44. The van der Waals surface area contributed by atoms with E-state index in [0.717, 1.165) is 0 Å². The van der Waals surface area contributed by atoms with Crippen molar-refractivity contribution < 1.29 is 36.2 Å². The molecule has 0 saturated carbocycles. The molecule has 1 heterocycles. The van der Waals surface area contributed by atoms with Crippen molar-refractivity contribution in [2.75, 3.05) is 6.54 Å². The number of alkyl halides is 6. The van der Waals surface area contributed by atoms with Crippen LogP contribution in [0.4, 0.5) is 26.3 Å². The van der Waals surface area contributed by atoms with Crippen molar-refractivity contribution in [3.8, 4) is 0 Å². The van der Waals surface area contributed by atoms with Crippen molar-refractivity contribution in [3.63, 3.8) is 0 Å². The first-order valence-corrected chi connectivity index (χ1v) is 6.46. The average Bonchev–Trinajstić information content (AvgIpc) is 2.45. The van der Waals surface area contributed by atoms with Gasteiger partial charge < -0.3 is 10.4 Å². The Bertz CT molecular complexity index is 647. The van der Waals surface area contributed by atoms with Crippen molar-refractivity contribution in [2.24, 2.45) is 0 Å². The summed E-state index contributed by atoms with van der Waals surface area (Å²) in [6, 6.07) is 4.19. The second kappa shape index (κ2) is 5.88. The zero-order valence-electron chi connectivity index (χ0n) is 11.4. The van der Waals surface area contributed by atoms with Gasteiger partial charge in [0.25, 0.3) is 5.78 Å². The molecule has 0 bridgehead atoms. The first-order valence-electron chi connectivity index (χ1n) is 6.46. The highest BCUT2D eigenvalue weighted by Gasteiger charge is 2.50. The molecular formula is C14H11F6NO2. The number of allylic oxidation sites excluding steroid dienone is 1. The van der Waals surface area contributed by atoms with Crippen LogP contribution in [-0.4, -0.2) is 29.8 Å². The van der Waals surface area contributed by atoms with E-state index in [2.05, 4.69) is 5.32 Å². The van der Waals surface area contributed by atoms with Gasteiger partial charge in [-0.2, -0.15) is 26.3 Å². The maximum absolute atomic E-state index is 12.7. The lowest BCUT2D eigenvalue weighted by atomic mass is 9.87. The fraction of sp³-hybridized carbons (Fsp3) is 0.357. The molecule has 1 aromatic carbocycles. The lowest BCUT2D eigenvalue weighted by Crippen LogP contribution is -2.39. The molecule has 2 N–H and O–H groups in total. The molecule has 0 aliphatic carbocycles. The number of hydrogen-bond donors (Lipinski definition) is 2. The Hall–Kier alpha value is -2.03. The summed E-state index contributed by atoms with van der Waals surface area (Å²) in [5.74, 6) is -5.25. The highest BCUT2D eigenvalue weighted by atomic mass is 19.4. The highest BCUT2D eigenvalue weighted by Crippen LogP contribution is 2.38. The Morgan fingerprint density at radius 3 is 2.26 bits per heavy atom. The predicted octanol–water partition coefficient (Wildman–Crippen LogP) is 3.38. The number of ketones is 1. The first-order chi connectivity index (χ1) is 10.5. The van der Waals surface area contributed by atoms with Gasteiger partial charge in [0.2, 0.25) is 5.76 Å². The van der Waals surface area contributed by atoms with Gasteiger partial charge in [0, 0.05) is 6.54 Å². The normalized spacial score (nSPS) is 19.8. The Balaban J connectivity index is 2.64. The van der Waals surface area contributed by atoms with Gasteiger partial charge in [0.05, 0.1) is 11.6 Å². The van der Waals surface area contributed by atoms with E-state index in [-0.39, 0.29) is 12.1 Å². The number of fused-ring (bicyclic) bond motifs is 1. The van der Waals surface area contributed by atoms with E-state index in [1.54, 1.807) is 12.1 Å². The van der Waals surface area contributed by atoms with Gasteiger partial charge in [-0.05, 0) is 17.5 Å². The van der Waals surface area contributed by atoms with Crippen molar-refractivity contribution in [1.82, 2.24) is 5.32 Å².